The molecule has 0 saturated carbocycles. The zero-order valence-corrected chi connectivity index (χ0v) is 26.1. The van der Waals surface area contributed by atoms with Crippen molar-refractivity contribution in [3.63, 3.8) is 0 Å². The summed E-state index contributed by atoms with van der Waals surface area (Å²) in [7, 11) is 6.62. The Morgan fingerprint density at radius 2 is 1.61 bits per heavy atom. The fourth-order valence-electron chi connectivity index (χ4n) is 4.90. The van der Waals surface area contributed by atoms with Gasteiger partial charge in [0, 0.05) is 31.7 Å². The molecule has 0 spiro atoms. The Morgan fingerprint density at radius 3 is 2.32 bits per heavy atom. The summed E-state index contributed by atoms with van der Waals surface area (Å²) in [6.45, 7) is 4.34. The standard InChI is InChI=1S/C32H36N4O7S/c1-35(13-18-43-31(38)23-9-11-25(39-2)27(19-23)41-4)20-21-5-7-22(8-6-21)30(37)34-32-33-28-26(40-3)12-10-24(29(28)44-32)36-14-16-42-17-15-36/h5-12,19H,13-18,20H2,1-4H3,(H,33,34,37). The van der Waals surface area contributed by atoms with E-state index in [9.17, 15) is 9.59 Å². The van der Waals surface area contributed by atoms with Crippen LogP contribution in [0.25, 0.3) is 10.2 Å². The highest BCUT2D eigenvalue weighted by Crippen LogP contribution is 2.39. The molecule has 2 heterocycles. The molecule has 1 aliphatic rings. The molecule has 0 unspecified atom stereocenters. The number of likely N-dealkylation sites (N-methyl/N-ethyl adjacent to an activating group) is 1. The molecule has 0 atom stereocenters. The second-order valence-electron chi connectivity index (χ2n) is 10.2. The number of nitrogens with one attached hydrogen (secondary N) is 1. The third-order valence-electron chi connectivity index (χ3n) is 7.27. The van der Waals surface area contributed by atoms with Crippen LogP contribution < -0.4 is 24.4 Å². The number of ether oxygens (including phenoxy) is 5. The van der Waals surface area contributed by atoms with Gasteiger partial charge in [0.1, 0.15) is 17.9 Å². The minimum atomic E-state index is -0.432. The molecule has 12 heteroatoms. The molecule has 44 heavy (non-hydrogen) atoms. The highest BCUT2D eigenvalue weighted by atomic mass is 32.1. The number of hydrogen-bond acceptors (Lipinski definition) is 11. The predicted octanol–water partition coefficient (Wildman–Crippen LogP) is 4.70. The molecule has 0 radical (unpaired) electrons. The van der Waals surface area contributed by atoms with Gasteiger partial charge in [-0.15, -0.1) is 0 Å². The van der Waals surface area contributed by atoms with Gasteiger partial charge in [-0.3, -0.25) is 15.0 Å². The van der Waals surface area contributed by atoms with Gasteiger partial charge in [0.25, 0.3) is 5.91 Å². The smallest absolute Gasteiger partial charge is 0.338 e. The number of amides is 1. The van der Waals surface area contributed by atoms with Crippen LogP contribution in [-0.4, -0.2) is 89.6 Å². The maximum Gasteiger partial charge on any atom is 0.338 e. The van der Waals surface area contributed by atoms with Gasteiger partial charge in [0.2, 0.25) is 0 Å². The van der Waals surface area contributed by atoms with Gasteiger partial charge >= 0.3 is 5.97 Å². The number of aromatic nitrogens is 1. The van der Waals surface area contributed by atoms with E-state index in [4.69, 9.17) is 23.7 Å². The Morgan fingerprint density at radius 1 is 0.932 bits per heavy atom. The molecular formula is C32H36N4O7S. The number of esters is 1. The minimum absolute atomic E-state index is 0.227. The Labute approximate surface area is 260 Å². The number of thiazole rings is 1. The first kappa shape index (κ1) is 31.0. The number of carbonyl (C=O) groups excluding carboxylic acids is 2. The van der Waals surface area contributed by atoms with Crippen LogP contribution >= 0.6 is 11.3 Å². The highest BCUT2D eigenvalue weighted by molar-refractivity contribution is 7.23. The molecule has 3 aromatic carbocycles. The monoisotopic (exact) mass is 620 g/mol. The Bertz CT molecular complexity index is 1600. The van der Waals surface area contributed by atoms with Crippen molar-refractivity contribution in [1.82, 2.24) is 9.88 Å². The number of hydrogen-bond donors (Lipinski definition) is 1. The molecule has 1 amide bonds. The van der Waals surface area contributed by atoms with Crippen molar-refractivity contribution in [2.24, 2.45) is 0 Å². The molecule has 11 nitrogen and oxygen atoms in total. The van der Waals surface area contributed by atoms with Crippen LogP contribution in [0, 0.1) is 0 Å². The predicted molar refractivity (Wildman–Crippen MR) is 170 cm³/mol. The Kier molecular flexibility index (Phi) is 10.2. The summed E-state index contributed by atoms with van der Waals surface area (Å²) in [5.74, 6) is 1.01. The lowest BCUT2D eigenvalue weighted by atomic mass is 10.1. The van der Waals surface area contributed by atoms with Crippen LogP contribution in [0.4, 0.5) is 10.8 Å². The average molecular weight is 621 g/mol. The molecule has 0 aliphatic carbocycles. The van der Waals surface area contributed by atoms with Crippen molar-refractivity contribution in [3.05, 3.63) is 71.3 Å². The second kappa shape index (κ2) is 14.4. The minimum Gasteiger partial charge on any atom is -0.494 e. The van der Waals surface area contributed by atoms with Gasteiger partial charge < -0.3 is 28.6 Å². The van der Waals surface area contributed by atoms with Crippen molar-refractivity contribution in [1.29, 1.82) is 0 Å². The molecule has 1 aromatic heterocycles. The van der Waals surface area contributed by atoms with E-state index < -0.39 is 5.97 Å². The summed E-state index contributed by atoms with van der Waals surface area (Å²) in [6, 6.07) is 16.3. The summed E-state index contributed by atoms with van der Waals surface area (Å²) in [5, 5.41) is 3.46. The fourth-order valence-corrected chi connectivity index (χ4v) is 5.92. The lowest BCUT2D eigenvalue weighted by Crippen LogP contribution is -2.36. The number of rotatable bonds is 12. The van der Waals surface area contributed by atoms with Gasteiger partial charge in [0.05, 0.1) is 50.5 Å². The van der Waals surface area contributed by atoms with Crippen molar-refractivity contribution in [2.75, 3.05) is 78.0 Å². The summed E-state index contributed by atoms with van der Waals surface area (Å²) >= 11 is 1.43. The summed E-state index contributed by atoms with van der Waals surface area (Å²) in [6.07, 6.45) is 0. The van der Waals surface area contributed by atoms with E-state index in [1.807, 2.05) is 36.2 Å². The zero-order chi connectivity index (χ0) is 31.1. The zero-order valence-electron chi connectivity index (χ0n) is 25.3. The van der Waals surface area contributed by atoms with E-state index in [2.05, 4.69) is 15.2 Å². The number of anilines is 2. The first-order valence-electron chi connectivity index (χ1n) is 14.2. The van der Waals surface area contributed by atoms with E-state index in [1.165, 1.54) is 25.6 Å². The number of methoxy groups -OCH3 is 3. The average Bonchev–Trinajstić information content (AvgIpc) is 3.48. The SMILES string of the molecule is COc1ccc(C(=O)OCCN(C)Cc2ccc(C(=O)Nc3nc4c(OC)ccc(N5CCOCC5)c4s3)cc2)cc1OC. The third-order valence-corrected chi connectivity index (χ3v) is 8.27. The molecule has 1 fully saturated rings. The highest BCUT2D eigenvalue weighted by Gasteiger charge is 2.20. The van der Waals surface area contributed by atoms with Crippen LogP contribution in [0.15, 0.2) is 54.6 Å². The quantitative estimate of drug-likeness (QED) is 0.224. The molecule has 5 rings (SSSR count). The number of carbonyl (C=O) groups is 2. The van der Waals surface area contributed by atoms with Gasteiger partial charge in [0.15, 0.2) is 16.6 Å². The van der Waals surface area contributed by atoms with E-state index >= 15 is 0 Å². The maximum atomic E-state index is 13.1. The molecule has 4 aromatic rings. The molecular weight excluding hydrogens is 584 g/mol. The number of morpholine rings is 1. The van der Waals surface area contributed by atoms with Gasteiger partial charge in [-0.1, -0.05) is 23.5 Å². The summed E-state index contributed by atoms with van der Waals surface area (Å²) < 4.78 is 27.9. The van der Waals surface area contributed by atoms with Gasteiger partial charge in [-0.2, -0.15) is 0 Å². The molecule has 1 aliphatic heterocycles. The van der Waals surface area contributed by atoms with Gasteiger partial charge in [-0.25, -0.2) is 9.78 Å². The van der Waals surface area contributed by atoms with Crippen molar-refractivity contribution in [2.45, 2.75) is 6.54 Å². The molecule has 0 bridgehead atoms. The Hall–Kier alpha value is -4.39. The lowest BCUT2D eigenvalue weighted by molar-refractivity contribution is 0.0470. The van der Waals surface area contributed by atoms with E-state index in [0.29, 0.717) is 59.8 Å². The van der Waals surface area contributed by atoms with Crippen molar-refractivity contribution < 1.29 is 33.3 Å². The van der Waals surface area contributed by atoms with Crippen LogP contribution in [0.1, 0.15) is 26.3 Å². The van der Waals surface area contributed by atoms with E-state index in [-0.39, 0.29) is 12.5 Å². The van der Waals surface area contributed by atoms with E-state index in [0.717, 1.165) is 34.6 Å². The maximum absolute atomic E-state index is 13.1. The summed E-state index contributed by atoms with van der Waals surface area (Å²) in [5.41, 5.74) is 3.73. The third kappa shape index (κ3) is 7.21. The normalized spacial score (nSPS) is 13.2. The van der Waals surface area contributed by atoms with Crippen LogP contribution in [0.2, 0.25) is 0 Å². The van der Waals surface area contributed by atoms with Crippen molar-refractivity contribution in [3.8, 4) is 17.2 Å². The number of nitrogens with zero attached hydrogens (tertiary/aromatic N) is 3. The summed E-state index contributed by atoms with van der Waals surface area (Å²) in [4.78, 5) is 34.5. The van der Waals surface area contributed by atoms with E-state index in [1.54, 1.807) is 37.4 Å². The van der Waals surface area contributed by atoms with Crippen LogP contribution in [-0.2, 0) is 16.0 Å². The van der Waals surface area contributed by atoms with Crippen LogP contribution in [0.5, 0.6) is 17.2 Å². The first-order valence-corrected chi connectivity index (χ1v) is 15.0. The first-order chi connectivity index (χ1) is 21.4. The second-order valence-corrected chi connectivity index (χ2v) is 11.2. The number of benzene rings is 3. The molecule has 1 saturated heterocycles. The number of fused-ring (bicyclic) bond motifs is 1. The Balaban J connectivity index is 1.15. The van der Waals surface area contributed by atoms with Gasteiger partial charge in [-0.05, 0) is 55.1 Å². The topological polar surface area (TPSA) is 112 Å². The molecule has 1 N–H and O–H groups in total. The van der Waals surface area contributed by atoms with Crippen molar-refractivity contribution >= 4 is 44.2 Å². The molecule has 232 valence electrons. The fraction of sp³-hybridized carbons (Fsp3) is 0.344. The lowest BCUT2D eigenvalue weighted by Gasteiger charge is -2.29. The van der Waals surface area contributed by atoms with Crippen LogP contribution in [0.3, 0.4) is 0 Å². The largest absolute Gasteiger partial charge is 0.494 e.